The number of aromatic nitrogens is 2. The van der Waals surface area contributed by atoms with Gasteiger partial charge in [-0.05, 0) is 76.2 Å². The average molecular weight is 753 g/mol. The number of para-hydroxylation sites is 1. The highest BCUT2D eigenvalue weighted by Crippen LogP contribution is 2.39. The zero-order valence-electron chi connectivity index (χ0n) is 33.0. The van der Waals surface area contributed by atoms with E-state index >= 15 is 0 Å². The van der Waals surface area contributed by atoms with Crippen LogP contribution in [0.25, 0.3) is 22.2 Å². The molecule has 4 aromatic rings. The van der Waals surface area contributed by atoms with Crippen LogP contribution in [0.15, 0.2) is 48.5 Å². The maximum Gasteiger partial charge on any atom is 0.259 e. The average Bonchev–Trinajstić information content (AvgIpc) is 3.61. The molecule has 3 N–H and O–H groups in total. The highest BCUT2D eigenvalue weighted by molar-refractivity contribution is 6.15. The number of aryl methyl sites for hydroxylation is 1. The van der Waals surface area contributed by atoms with Crippen molar-refractivity contribution < 1.29 is 23.9 Å². The molecule has 55 heavy (non-hydrogen) atoms. The van der Waals surface area contributed by atoms with Gasteiger partial charge in [-0.3, -0.25) is 14.4 Å². The molecule has 1 aromatic heterocycles. The van der Waals surface area contributed by atoms with Gasteiger partial charge in [-0.25, -0.2) is 4.98 Å². The van der Waals surface area contributed by atoms with E-state index in [1.807, 2.05) is 48.2 Å². The van der Waals surface area contributed by atoms with Crippen molar-refractivity contribution in [3.8, 4) is 22.6 Å². The van der Waals surface area contributed by atoms with Crippen LogP contribution >= 0.6 is 0 Å². The molecule has 0 spiro atoms. The van der Waals surface area contributed by atoms with Crippen LogP contribution in [-0.2, 0) is 11.2 Å². The summed E-state index contributed by atoms with van der Waals surface area (Å²) in [6, 6.07) is 14.9. The number of nitrogens with two attached hydrogens (primary N) is 1. The van der Waals surface area contributed by atoms with Gasteiger partial charge in [0, 0.05) is 89.9 Å². The number of primary amides is 1. The maximum absolute atomic E-state index is 14.2. The van der Waals surface area contributed by atoms with E-state index in [1.165, 1.54) is 12.0 Å². The van der Waals surface area contributed by atoms with Gasteiger partial charge in [0.25, 0.3) is 11.8 Å². The predicted octanol–water partition coefficient (Wildman–Crippen LogP) is 4.43. The third kappa shape index (κ3) is 9.46. The second kappa shape index (κ2) is 18.1. The van der Waals surface area contributed by atoms with Crippen LogP contribution in [0.4, 0.5) is 5.69 Å². The fourth-order valence-corrected chi connectivity index (χ4v) is 7.44. The van der Waals surface area contributed by atoms with Crippen molar-refractivity contribution in [3.63, 3.8) is 0 Å². The first-order valence-electron chi connectivity index (χ1n) is 19.4. The second-order valence-electron chi connectivity index (χ2n) is 14.9. The van der Waals surface area contributed by atoms with E-state index in [0.29, 0.717) is 30.0 Å². The number of fused-ring (bicyclic) bond motifs is 1. The number of H-pyrrole nitrogens is 1. The zero-order valence-corrected chi connectivity index (χ0v) is 33.0. The molecular formula is C42H56N8O5. The number of nitrogens with one attached hydrogen (secondary N) is 1. The Morgan fingerprint density at radius 2 is 1.62 bits per heavy atom. The lowest BCUT2D eigenvalue weighted by atomic mass is 9.95. The molecule has 13 nitrogen and oxygen atoms in total. The van der Waals surface area contributed by atoms with Gasteiger partial charge in [-0.15, -0.1) is 0 Å². The molecule has 0 aliphatic carbocycles. The number of carbonyl (C=O) groups excluding carboxylic acids is 3. The van der Waals surface area contributed by atoms with E-state index in [0.717, 1.165) is 113 Å². The van der Waals surface area contributed by atoms with Crippen molar-refractivity contribution >= 4 is 34.4 Å². The summed E-state index contributed by atoms with van der Waals surface area (Å²) in [7, 11) is 7.36. The monoisotopic (exact) mass is 752 g/mol. The van der Waals surface area contributed by atoms with E-state index < -0.39 is 11.8 Å². The van der Waals surface area contributed by atoms with Gasteiger partial charge >= 0.3 is 0 Å². The molecule has 0 saturated carbocycles. The smallest absolute Gasteiger partial charge is 0.259 e. The van der Waals surface area contributed by atoms with Gasteiger partial charge in [0.2, 0.25) is 5.91 Å². The van der Waals surface area contributed by atoms with Crippen molar-refractivity contribution in [3.05, 3.63) is 71.0 Å². The molecule has 3 heterocycles. The van der Waals surface area contributed by atoms with Crippen LogP contribution < -0.4 is 20.1 Å². The van der Waals surface area contributed by atoms with Crippen molar-refractivity contribution in [1.29, 1.82) is 0 Å². The van der Waals surface area contributed by atoms with Gasteiger partial charge in [-0.2, -0.15) is 0 Å². The Bertz CT molecular complexity index is 1980. The number of ether oxygens (including phenoxy) is 2. The van der Waals surface area contributed by atoms with E-state index in [4.69, 9.17) is 20.2 Å². The predicted molar refractivity (Wildman–Crippen MR) is 216 cm³/mol. The summed E-state index contributed by atoms with van der Waals surface area (Å²) in [5.74, 6) is 0.670. The molecule has 3 aromatic carbocycles. The summed E-state index contributed by atoms with van der Waals surface area (Å²) in [5, 5.41) is 0. The second-order valence-corrected chi connectivity index (χ2v) is 14.9. The number of likely N-dealkylation sites (N-methyl/N-ethyl adjacent to an activating group) is 2. The summed E-state index contributed by atoms with van der Waals surface area (Å²) in [6.07, 6.45) is 3.74. The van der Waals surface area contributed by atoms with Crippen molar-refractivity contribution in [2.24, 2.45) is 5.73 Å². The SMILES string of the molecule is COc1c(-c2cccc3[nH]c(CCN4CCN(C)CC4)nc23)ccc(C(=O)N(C)c2ccc(C)cc2OCCCCCC(=O)N2CCN(C)CC2)c1C(N)=O. The Morgan fingerprint density at radius 1 is 0.891 bits per heavy atom. The molecule has 0 atom stereocenters. The van der Waals surface area contributed by atoms with Gasteiger partial charge in [0.15, 0.2) is 0 Å². The highest BCUT2D eigenvalue weighted by atomic mass is 16.5. The number of imidazole rings is 1. The quantitative estimate of drug-likeness (QED) is 0.169. The largest absolute Gasteiger partial charge is 0.495 e. The lowest BCUT2D eigenvalue weighted by molar-refractivity contribution is -0.132. The van der Waals surface area contributed by atoms with Crippen LogP contribution in [0.3, 0.4) is 0 Å². The molecule has 0 radical (unpaired) electrons. The summed E-state index contributed by atoms with van der Waals surface area (Å²) >= 11 is 0. The molecule has 2 fully saturated rings. The molecular weight excluding hydrogens is 697 g/mol. The Labute approximate surface area is 324 Å². The number of amides is 3. The number of methoxy groups -OCH3 is 1. The fraction of sp³-hybridized carbons (Fsp3) is 0.476. The highest BCUT2D eigenvalue weighted by Gasteiger charge is 2.28. The first-order chi connectivity index (χ1) is 26.5. The lowest BCUT2D eigenvalue weighted by Gasteiger charge is -2.32. The Morgan fingerprint density at radius 3 is 2.33 bits per heavy atom. The number of carbonyl (C=O) groups is 3. The number of rotatable bonds is 15. The first-order valence-corrected chi connectivity index (χ1v) is 19.4. The number of aromatic amines is 1. The molecule has 2 aliphatic rings. The fourth-order valence-electron chi connectivity index (χ4n) is 7.44. The Hall–Kier alpha value is -4.98. The van der Waals surface area contributed by atoms with Crippen molar-refractivity contribution in [1.82, 2.24) is 29.6 Å². The van der Waals surface area contributed by atoms with Gasteiger partial charge in [-0.1, -0.05) is 18.2 Å². The van der Waals surface area contributed by atoms with Crippen LogP contribution in [0.2, 0.25) is 0 Å². The third-order valence-corrected chi connectivity index (χ3v) is 10.9. The summed E-state index contributed by atoms with van der Waals surface area (Å²) < 4.78 is 12.1. The standard InChI is InChI=1S/C42H56N8O5/c1-29-13-16-34(35(28-29)55-27-8-6-7-12-37(51)50-25-21-47(3)22-26-50)48(4)42(53)32-15-14-31(40(54-5)38(32)41(43)52)30-10-9-11-33-39(30)45-36(44-33)17-18-49-23-19-46(2)20-24-49/h9-11,13-16,28H,6-8,12,17-27H2,1-5H3,(H2,43,52)(H,44,45). The molecule has 0 unspecified atom stereocenters. The third-order valence-electron chi connectivity index (χ3n) is 10.9. The molecule has 2 aliphatic heterocycles. The number of nitrogens with zero attached hydrogens (tertiary/aromatic N) is 6. The minimum atomic E-state index is -0.774. The van der Waals surface area contributed by atoms with E-state index in [9.17, 15) is 14.4 Å². The molecule has 2 saturated heterocycles. The van der Waals surface area contributed by atoms with Crippen molar-refractivity contribution in [2.75, 3.05) is 98.7 Å². The Kier molecular flexibility index (Phi) is 13.1. The zero-order chi connectivity index (χ0) is 39.1. The Balaban J connectivity index is 1.16. The van der Waals surface area contributed by atoms with Crippen LogP contribution in [-0.4, -0.2) is 141 Å². The number of hydrogen-bond acceptors (Lipinski definition) is 9. The lowest BCUT2D eigenvalue weighted by Crippen LogP contribution is -2.47. The van der Waals surface area contributed by atoms with E-state index in [-0.39, 0.29) is 22.8 Å². The topological polar surface area (TPSA) is 141 Å². The van der Waals surface area contributed by atoms with Crippen molar-refractivity contribution in [2.45, 2.75) is 39.0 Å². The first kappa shape index (κ1) is 39.7. The maximum atomic E-state index is 14.2. The van der Waals surface area contributed by atoms with Gasteiger partial charge in [0.05, 0.1) is 41.6 Å². The van der Waals surface area contributed by atoms with Crippen LogP contribution in [0.5, 0.6) is 11.5 Å². The van der Waals surface area contributed by atoms with E-state index in [2.05, 4.69) is 33.8 Å². The number of anilines is 1. The number of piperazine rings is 2. The number of unbranched alkanes of at least 4 members (excludes halogenated alkanes) is 2. The van der Waals surface area contributed by atoms with Gasteiger partial charge < -0.3 is 44.7 Å². The minimum absolute atomic E-state index is 0.000351. The summed E-state index contributed by atoms with van der Waals surface area (Å²) in [5.41, 5.74) is 10.7. The molecule has 3 amide bonds. The van der Waals surface area contributed by atoms with Gasteiger partial charge in [0.1, 0.15) is 17.3 Å². The molecule has 0 bridgehead atoms. The number of hydrogen-bond donors (Lipinski definition) is 2. The number of benzene rings is 3. The summed E-state index contributed by atoms with van der Waals surface area (Å²) in [4.78, 5) is 58.9. The normalized spacial score (nSPS) is 15.7. The summed E-state index contributed by atoms with van der Waals surface area (Å²) in [6.45, 7) is 10.9. The minimum Gasteiger partial charge on any atom is -0.495 e. The molecule has 6 rings (SSSR count). The molecule has 294 valence electrons. The van der Waals surface area contributed by atoms with Crippen LogP contribution in [0.1, 0.15) is 57.8 Å². The van der Waals surface area contributed by atoms with E-state index in [1.54, 1.807) is 19.2 Å². The van der Waals surface area contributed by atoms with Crippen LogP contribution in [0, 0.1) is 6.92 Å². The molecule has 13 heteroatoms.